The summed E-state index contributed by atoms with van der Waals surface area (Å²) < 4.78 is 29.2. The van der Waals surface area contributed by atoms with E-state index in [1.165, 1.54) is 20.3 Å². The highest BCUT2D eigenvalue weighted by atomic mass is 19.1. The van der Waals surface area contributed by atoms with E-state index in [0.717, 1.165) is 5.56 Å². The Hall–Kier alpha value is -3.46. The Kier molecular flexibility index (Phi) is 6.97. The monoisotopic (exact) mass is 414 g/mol. The summed E-state index contributed by atoms with van der Waals surface area (Å²) in [5, 5.41) is 6.62. The van der Waals surface area contributed by atoms with Gasteiger partial charge in [-0.15, -0.1) is 0 Å². The number of nitrogens with one attached hydrogen (secondary N) is 1. The maximum Gasteiger partial charge on any atom is 0.240 e. The number of halogens is 1. The van der Waals surface area contributed by atoms with Crippen LogP contribution in [0.4, 0.5) is 10.1 Å². The van der Waals surface area contributed by atoms with Crippen molar-refractivity contribution in [3.8, 4) is 11.5 Å². The molecule has 9 heteroatoms. The summed E-state index contributed by atoms with van der Waals surface area (Å²) >= 11 is 0. The van der Waals surface area contributed by atoms with Crippen LogP contribution in [0.5, 0.6) is 11.5 Å². The Morgan fingerprint density at radius 2 is 1.90 bits per heavy atom. The number of ether oxygens (including phenoxy) is 2. The van der Waals surface area contributed by atoms with Crippen LogP contribution in [0, 0.1) is 5.82 Å². The molecule has 30 heavy (non-hydrogen) atoms. The third-order valence-corrected chi connectivity index (χ3v) is 4.28. The lowest BCUT2D eigenvalue weighted by molar-refractivity contribution is -0.115. The second kappa shape index (κ2) is 9.84. The SMILES string of the molecule is COc1ccc(CN(C)Cc2nc(CC(=O)Nc3ccccc3OC)no2)cc1F. The first kappa shape index (κ1) is 21.3. The lowest BCUT2D eigenvalue weighted by Crippen LogP contribution is -2.18. The first-order chi connectivity index (χ1) is 14.5. The zero-order chi connectivity index (χ0) is 21.5. The summed E-state index contributed by atoms with van der Waals surface area (Å²) in [4.78, 5) is 18.4. The Bertz CT molecular complexity index is 1010. The molecule has 1 aromatic heterocycles. The van der Waals surface area contributed by atoms with Crippen molar-refractivity contribution in [2.24, 2.45) is 0 Å². The van der Waals surface area contributed by atoms with Crippen molar-refractivity contribution in [3.05, 3.63) is 65.6 Å². The molecule has 2 aromatic carbocycles. The molecule has 1 heterocycles. The number of nitrogens with zero attached hydrogens (tertiary/aromatic N) is 3. The Labute approximate surface area is 173 Å². The van der Waals surface area contributed by atoms with Gasteiger partial charge in [-0.05, 0) is 36.9 Å². The predicted octanol–water partition coefficient (Wildman–Crippen LogP) is 3.04. The van der Waals surface area contributed by atoms with E-state index in [-0.39, 0.29) is 23.9 Å². The van der Waals surface area contributed by atoms with Gasteiger partial charge in [0.2, 0.25) is 11.8 Å². The minimum atomic E-state index is -0.412. The van der Waals surface area contributed by atoms with E-state index in [2.05, 4.69) is 15.5 Å². The number of hydrogen-bond acceptors (Lipinski definition) is 7. The van der Waals surface area contributed by atoms with Gasteiger partial charge in [0.25, 0.3) is 0 Å². The topological polar surface area (TPSA) is 89.7 Å². The predicted molar refractivity (Wildman–Crippen MR) is 108 cm³/mol. The van der Waals surface area contributed by atoms with Crippen LogP contribution in [0.25, 0.3) is 0 Å². The Morgan fingerprint density at radius 1 is 1.13 bits per heavy atom. The van der Waals surface area contributed by atoms with Crippen LogP contribution in [0.15, 0.2) is 47.0 Å². The fourth-order valence-electron chi connectivity index (χ4n) is 2.92. The van der Waals surface area contributed by atoms with Crippen LogP contribution in [0.3, 0.4) is 0 Å². The number of anilines is 1. The molecule has 0 aliphatic rings. The van der Waals surface area contributed by atoms with Crippen molar-refractivity contribution < 1.29 is 23.2 Å². The molecule has 0 spiro atoms. The molecule has 0 atom stereocenters. The summed E-state index contributed by atoms with van der Waals surface area (Å²) in [7, 11) is 4.81. The number of benzene rings is 2. The highest BCUT2D eigenvalue weighted by Gasteiger charge is 2.14. The zero-order valence-electron chi connectivity index (χ0n) is 17.0. The molecule has 0 saturated carbocycles. The fraction of sp³-hybridized carbons (Fsp3) is 0.286. The van der Waals surface area contributed by atoms with Gasteiger partial charge in [-0.1, -0.05) is 23.4 Å². The van der Waals surface area contributed by atoms with E-state index >= 15 is 0 Å². The van der Waals surface area contributed by atoms with Crippen LogP contribution >= 0.6 is 0 Å². The lowest BCUT2D eigenvalue weighted by atomic mass is 10.2. The van der Waals surface area contributed by atoms with E-state index in [9.17, 15) is 9.18 Å². The van der Waals surface area contributed by atoms with Gasteiger partial charge in [0.1, 0.15) is 5.75 Å². The van der Waals surface area contributed by atoms with Gasteiger partial charge in [-0.25, -0.2) is 4.39 Å². The van der Waals surface area contributed by atoms with Gasteiger partial charge >= 0.3 is 0 Å². The Morgan fingerprint density at radius 3 is 2.63 bits per heavy atom. The van der Waals surface area contributed by atoms with Crippen molar-refractivity contribution in [1.29, 1.82) is 0 Å². The quantitative estimate of drug-likeness (QED) is 0.576. The number of rotatable bonds is 9. The second-order valence-electron chi connectivity index (χ2n) is 6.67. The molecular weight excluding hydrogens is 391 g/mol. The number of para-hydroxylation sites is 2. The molecule has 0 unspecified atom stereocenters. The van der Waals surface area contributed by atoms with Gasteiger partial charge in [-0.3, -0.25) is 9.69 Å². The molecule has 8 nitrogen and oxygen atoms in total. The molecule has 0 fully saturated rings. The average molecular weight is 414 g/mol. The molecule has 3 rings (SSSR count). The molecule has 158 valence electrons. The molecule has 0 bridgehead atoms. The molecule has 0 radical (unpaired) electrons. The van der Waals surface area contributed by atoms with Crippen LogP contribution in [-0.2, 0) is 24.3 Å². The average Bonchev–Trinajstić information content (AvgIpc) is 3.14. The van der Waals surface area contributed by atoms with E-state index < -0.39 is 5.82 Å². The number of carbonyl (C=O) groups is 1. The summed E-state index contributed by atoms with van der Waals surface area (Å²) in [5.41, 5.74) is 1.35. The van der Waals surface area contributed by atoms with Gasteiger partial charge in [0.15, 0.2) is 17.4 Å². The first-order valence-electron chi connectivity index (χ1n) is 9.23. The molecule has 1 amide bonds. The van der Waals surface area contributed by atoms with Crippen molar-refractivity contribution in [3.63, 3.8) is 0 Å². The molecule has 0 saturated heterocycles. The van der Waals surface area contributed by atoms with Crippen LogP contribution < -0.4 is 14.8 Å². The van der Waals surface area contributed by atoms with Crippen molar-refractivity contribution >= 4 is 11.6 Å². The highest BCUT2D eigenvalue weighted by molar-refractivity contribution is 5.93. The maximum absolute atomic E-state index is 13.8. The zero-order valence-corrected chi connectivity index (χ0v) is 17.0. The second-order valence-corrected chi connectivity index (χ2v) is 6.67. The molecule has 0 aliphatic heterocycles. The van der Waals surface area contributed by atoms with E-state index in [0.29, 0.717) is 30.4 Å². The number of aromatic nitrogens is 2. The summed E-state index contributed by atoms with van der Waals surface area (Å²) in [6.07, 6.45) is -0.0328. The van der Waals surface area contributed by atoms with Crippen molar-refractivity contribution in [2.45, 2.75) is 19.5 Å². The Balaban J connectivity index is 1.54. The normalized spacial score (nSPS) is 10.8. The van der Waals surface area contributed by atoms with Crippen molar-refractivity contribution in [1.82, 2.24) is 15.0 Å². The molecule has 1 N–H and O–H groups in total. The fourth-order valence-corrected chi connectivity index (χ4v) is 2.92. The standard InChI is InChI=1S/C21H23FN4O4/c1-26(12-14-8-9-17(28-2)15(22)10-14)13-21-24-19(25-30-21)11-20(27)23-16-6-4-5-7-18(16)29-3/h4-10H,11-13H2,1-3H3,(H,23,27). The third-order valence-electron chi connectivity index (χ3n) is 4.28. The highest BCUT2D eigenvalue weighted by Crippen LogP contribution is 2.23. The van der Waals surface area contributed by atoms with Crippen LogP contribution in [0.1, 0.15) is 17.3 Å². The van der Waals surface area contributed by atoms with Gasteiger partial charge < -0.3 is 19.3 Å². The number of methoxy groups -OCH3 is 2. The summed E-state index contributed by atoms with van der Waals surface area (Å²) in [6, 6.07) is 11.9. The number of amides is 1. The largest absolute Gasteiger partial charge is 0.495 e. The summed E-state index contributed by atoms with van der Waals surface area (Å²) in [6.45, 7) is 0.835. The molecular formula is C21H23FN4O4. The first-order valence-corrected chi connectivity index (χ1v) is 9.23. The van der Waals surface area contributed by atoms with E-state index in [4.69, 9.17) is 14.0 Å². The van der Waals surface area contributed by atoms with E-state index in [1.807, 2.05) is 18.0 Å². The maximum atomic E-state index is 13.8. The third kappa shape index (κ3) is 5.54. The van der Waals surface area contributed by atoms with Gasteiger partial charge in [-0.2, -0.15) is 4.98 Å². The molecule has 0 aliphatic carbocycles. The van der Waals surface area contributed by atoms with E-state index in [1.54, 1.807) is 30.3 Å². The van der Waals surface area contributed by atoms with Gasteiger partial charge in [0.05, 0.1) is 32.9 Å². The minimum absolute atomic E-state index is 0.0328. The smallest absolute Gasteiger partial charge is 0.240 e. The number of hydrogen-bond donors (Lipinski definition) is 1. The summed E-state index contributed by atoms with van der Waals surface area (Å²) in [5.74, 6) is 0.719. The minimum Gasteiger partial charge on any atom is -0.495 e. The molecule has 3 aromatic rings. The van der Waals surface area contributed by atoms with Gasteiger partial charge in [0, 0.05) is 6.54 Å². The lowest BCUT2D eigenvalue weighted by Gasteiger charge is -2.14. The number of carbonyl (C=O) groups excluding carboxylic acids is 1. The van der Waals surface area contributed by atoms with Crippen molar-refractivity contribution in [2.75, 3.05) is 26.6 Å². The van der Waals surface area contributed by atoms with Crippen LogP contribution in [-0.4, -0.2) is 42.2 Å². The van der Waals surface area contributed by atoms with Crippen LogP contribution in [0.2, 0.25) is 0 Å².